The molecule has 6 heteroatoms. The van der Waals surface area contributed by atoms with E-state index in [2.05, 4.69) is 49.7 Å². The number of hydrogen-bond donors (Lipinski definition) is 0. The number of rotatable bonds is 3. The van der Waals surface area contributed by atoms with Crippen molar-refractivity contribution in [3.63, 3.8) is 0 Å². The first-order chi connectivity index (χ1) is 14.1. The molecule has 1 fully saturated rings. The molecule has 0 radical (unpaired) electrons. The smallest absolute Gasteiger partial charge is 0.225 e. The molecule has 5 rings (SSSR count). The minimum Gasteiger partial charge on any atom is -0.342 e. The van der Waals surface area contributed by atoms with Crippen LogP contribution in [0.3, 0.4) is 0 Å². The van der Waals surface area contributed by atoms with E-state index in [4.69, 9.17) is 0 Å². The van der Waals surface area contributed by atoms with E-state index in [0.29, 0.717) is 25.9 Å². The summed E-state index contributed by atoms with van der Waals surface area (Å²) in [7, 11) is 0. The monoisotopic (exact) mass is 453 g/mol. The second-order valence-electron chi connectivity index (χ2n) is 7.77. The van der Waals surface area contributed by atoms with Gasteiger partial charge in [-0.05, 0) is 36.1 Å². The zero-order valence-corrected chi connectivity index (χ0v) is 17.5. The fourth-order valence-electron chi connectivity index (χ4n) is 4.71. The highest BCUT2D eigenvalue weighted by atomic mass is 79.9. The summed E-state index contributed by atoms with van der Waals surface area (Å²) in [6, 6.07) is 16.3. The first-order valence-electron chi connectivity index (χ1n) is 9.91. The molecule has 3 heterocycles. The lowest BCUT2D eigenvalue weighted by Crippen LogP contribution is -2.44. The van der Waals surface area contributed by atoms with Gasteiger partial charge in [0, 0.05) is 35.5 Å². The van der Waals surface area contributed by atoms with E-state index in [0.717, 1.165) is 27.0 Å². The second kappa shape index (κ2) is 7.10. The van der Waals surface area contributed by atoms with E-state index < -0.39 is 11.7 Å². The van der Waals surface area contributed by atoms with Gasteiger partial charge < -0.3 is 9.47 Å². The normalized spacial score (nSPS) is 21.1. The molecule has 1 saturated heterocycles. The van der Waals surface area contributed by atoms with Crippen LogP contribution < -0.4 is 0 Å². The number of imidazole rings is 1. The van der Waals surface area contributed by atoms with Crippen molar-refractivity contribution in [2.24, 2.45) is 0 Å². The second-order valence-corrected chi connectivity index (χ2v) is 8.68. The Morgan fingerprint density at radius 2 is 1.86 bits per heavy atom. The molecule has 1 amide bonds. The number of carbonyl (C=O) groups excluding carboxylic acids is 1. The van der Waals surface area contributed by atoms with E-state index >= 15 is 0 Å². The van der Waals surface area contributed by atoms with Crippen LogP contribution in [0, 0.1) is 0 Å². The van der Waals surface area contributed by atoms with Gasteiger partial charge in [-0.1, -0.05) is 52.3 Å². The number of carbonyl (C=O) groups is 1. The van der Waals surface area contributed by atoms with Crippen LogP contribution in [0.5, 0.6) is 0 Å². The fourth-order valence-corrected chi connectivity index (χ4v) is 4.97. The Kier molecular flexibility index (Phi) is 4.54. The van der Waals surface area contributed by atoms with Crippen molar-refractivity contribution in [2.45, 2.75) is 31.0 Å². The van der Waals surface area contributed by atoms with Crippen molar-refractivity contribution in [1.82, 2.24) is 14.5 Å². The number of aromatic nitrogens is 2. The zero-order chi connectivity index (χ0) is 20.0. The summed E-state index contributed by atoms with van der Waals surface area (Å²) in [4.78, 5) is 19.8. The van der Waals surface area contributed by atoms with E-state index in [1.165, 1.54) is 0 Å². The maximum Gasteiger partial charge on any atom is 0.225 e. The van der Waals surface area contributed by atoms with Gasteiger partial charge in [0.15, 0.2) is 0 Å². The molecule has 0 saturated carbocycles. The van der Waals surface area contributed by atoms with Gasteiger partial charge in [-0.25, -0.2) is 9.37 Å². The Labute approximate surface area is 177 Å². The number of piperidine rings is 1. The number of fused-ring (bicyclic) bond motifs is 3. The van der Waals surface area contributed by atoms with Crippen molar-refractivity contribution in [3.8, 4) is 11.4 Å². The van der Waals surface area contributed by atoms with Crippen molar-refractivity contribution in [3.05, 3.63) is 76.5 Å². The molecule has 1 unspecified atom stereocenters. The van der Waals surface area contributed by atoms with E-state index in [-0.39, 0.29) is 12.3 Å². The van der Waals surface area contributed by atoms with Gasteiger partial charge in [-0.2, -0.15) is 0 Å². The molecule has 0 bridgehead atoms. The van der Waals surface area contributed by atoms with Crippen LogP contribution >= 0.6 is 15.9 Å². The third-order valence-electron chi connectivity index (χ3n) is 6.17. The number of amides is 1. The van der Waals surface area contributed by atoms with Crippen molar-refractivity contribution < 1.29 is 9.18 Å². The topological polar surface area (TPSA) is 38.1 Å². The molecule has 2 aliphatic heterocycles. The van der Waals surface area contributed by atoms with Gasteiger partial charge >= 0.3 is 0 Å². The van der Waals surface area contributed by atoms with Gasteiger partial charge in [0.2, 0.25) is 5.91 Å². The molecule has 29 heavy (non-hydrogen) atoms. The average Bonchev–Trinajstić information content (AvgIpc) is 3.31. The Balaban J connectivity index is 1.64. The number of likely N-dealkylation sites (tertiary alicyclic amines) is 1. The number of halogens is 2. The van der Waals surface area contributed by atoms with Crippen LogP contribution in [0.4, 0.5) is 4.39 Å². The van der Waals surface area contributed by atoms with Gasteiger partial charge in [-0.3, -0.25) is 4.79 Å². The summed E-state index contributed by atoms with van der Waals surface area (Å²) in [5.41, 5.74) is 2.51. The molecule has 2 aliphatic rings. The summed E-state index contributed by atoms with van der Waals surface area (Å²) >= 11 is 3.52. The largest absolute Gasteiger partial charge is 0.342 e. The molecule has 0 N–H and O–H groups in total. The highest BCUT2D eigenvalue weighted by molar-refractivity contribution is 9.10. The maximum atomic E-state index is 13.6. The quantitative estimate of drug-likeness (QED) is 0.572. The van der Waals surface area contributed by atoms with E-state index in [9.17, 15) is 9.18 Å². The van der Waals surface area contributed by atoms with E-state index in [1.54, 1.807) is 6.20 Å². The first-order valence-corrected chi connectivity index (χ1v) is 10.7. The number of benzene rings is 2. The lowest BCUT2D eigenvalue weighted by Gasteiger charge is -2.36. The predicted molar refractivity (Wildman–Crippen MR) is 113 cm³/mol. The maximum absolute atomic E-state index is 13.6. The van der Waals surface area contributed by atoms with Gasteiger partial charge in [-0.15, -0.1) is 0 Å². The summed E-state index contributed by atoms with van der Waals surface area (Å²) in [5, 5.41) is 0. The third kappa shape index (κ3) is 2.92. The molecule has 2 aromatic carbocycles. The number of nitrogens with zero attached hydrogens (tertiary/aromatic N) is 3. The molecule has 148 valence electrons. The lowest BCUT2D eigenvalue weighted by molar-refractivity contribution is -0.134. The van der Waals surface area contributed by atoms with Crippen LogP contribution in [-0.4, -0.2) is 39.6 Å². The Morgan fingerprint density at radius 1 is 1.14 bits per heavy atom. The summed E-state index contributed by atoms with van der Waals surface area (Å²) < 4.78 is 16.7. The van der Waals surface area contributed by atoms with Gasteiger partial charge in [0.05, 0.1) is 6.42 Å². The minimum atomic E-state index is -0.799. The summed E-state index contributed by atoms with van der Waals surface area (Å²) in [5.74, 6) is 0.926. The zero-order valence-electron chi connectivity index (χ0n) is 15.9. The first kappa shape index (κ1) is 18.6. The van der Waals surface area contributed by atoms with Crippen LogP contribution in [0.2, 0.25) is 0 Å². The Morgan fingerprint density at radius 3 is 2.62 bits per heavy atom. The third-order valence-corrected chi connectivity index (χ3v) is 6.70. The molecular weight excluding hydrogens is 433 g/mol. The summed E-state index contributed by atoms with van der Waals surface area (Å²) in [6.45, 7) is 0.962. The minimum absolute atomic E-state index is 0.0520. The molecule has 0 spiro atoms. The fraction of sp³-hybridized carbons (Fsp3) is 0.304. The molecule has 4 nitrogen and oxygen atoms in total. The van der Waals surface area contributed by atoms with Crippen LogP contribution in [0.1, 0.15) is 30.4 Å². The molecule has 1 atom stereocenters. The van der Waals surface area contributed by atoms with Crippen molar-refractivity contribution in [1.29, 1.82) is 0 Å². The average molecular weight is 454 g/mol. The SMILES string of the molecule is O=C(CC1(c2ccc(Br)cc2)c2ccccc2-c2nccn21)N1CCC(F)CC1. The standard InChI is InChI=1S/C23H21BrFN3O/c24-17-7-5-16(6-8-17)23(15-21(29)27-12-9-18(25)10-13-27)20-4-2-1-3-19(20)22-26-11-14-28(22)23/h1-8,11,14,18H,9-10,12-13,15H2. The molecule has 0 aliphatic carbocycles. The van der Waals surface area contributed by atoms with Crippen molar-refractivity contribution >= 4 is 21.8 Å². The van der Waals surface area contributed by atoms with Crippen molar-refractivity contribution in [2.75, 3.05) is 13.1 Å². The number of alkyl halides is 1. The predicted octanol–water partition coefficient (Wildman–Crippen LogP) is 4.77. The van der Waals surface area contributed by atoms with Gasteiger partial charge in [0.25, 0.3) is 0 Å². The molecular formula is C23H21BrFN3O. The highest BCUT2D eigenvalue weighted by Gasteiger charge is 2.47. The van der Waals surface area contributed by atoms with Gasteiger partial charge in [0.1, 0.15) is 17.5 Å². The lowest BCUT2D eigenvalue weighted by atomic mass is 9.79. The highest BCUT2D eigenvalue weighted by Crippen LogP contribution is 2.49. The number of hydrogen-bond acceptors (Lipinski definition) is 2. The van der Waals surface area contributed by atoms with E-state index in [1.807, 2.05) is 35.4 Å². The summed E-state index contributed by atoms with van der Waals surface area (Å²) in [6.07, 6.45) is 4.07. The molecule has 3 aromatic rings. The molecule has 1 aromatic heterocycles. The Bertz CT molecular complexity index is 1060. The van der Waals surface area contributed by atoms with Crippen LogP contribution in [0.25, 0.3) is 11.4 Å². The Hall–Kier alpha value is -2.47. The van der Waals surface area contributed by atoms with Crippen LogP contribution in [-0.2, 0) is 10.3 Å². The van der Waals surface area contributed by atoms with Crippen LogP contribution in [0.15, 0.2) is 65.4 Å².